The van der Waals surface area contributed by atoms with Crippen LogP contribution < -0.4 is 10.8 Å². The number of nitrogens with zero attached hydrogens (tertiary/aromatic N) is 5. The molecule has 60 heavy (non-hydrogen) atoms. The molecule has 9 heteroatoms. The van der Waals surface area contributed by atoms with Crippen molar-refractivity contribution < 1.29 is 30.0 Å². The molecule has 8 aromatic rings. The van der Waals surface area contributed by atoms with Crippen LogP contribution in [0.15, 0.2) is 95.9 Å². The minimum absolute atomic E-state index is 0. The molecule has 0 saturated heterocycles. The van der Waals surface area contributed by atoms with Crippen LogP contribution in [0.3, 0.4) is 0 Å². The van der Waals surface area contributed by atoms with Gasteiger partial charge in [0.15, 0.2) is 0 Å². The van der Waals surface area contributed by atoms with Crippen molar-refractivity contribution in [3.63, 3.8) is 0 Å². The Labute approximate surface area is 376 Å². The molecule has 10 rings (SSSR count). The number of pyridine rings is 1. The average Bonchev–Trinajstić information content (AvgIpc) is 3.64. The van der Waals surface area contributed by atoms with E-state index < -0.39 is 28.9 Å². The van der Waals surface area contributed by atoms with Crippen LogP contribution in [0.1, 0.15) is 80.3 Å². The fourth-order valence-corrected chi connectivity index (χ4v) is 11.1. The monoisotopic (exact) mass is 1010 g/mol. The van der Waals surface area contributed by atoms with E-state index in [4.69, 9.17) is 8.53 Å². The summed E-state index contributed by atoms with van der Waals surface area (Å²) in [5.74, 6) is -0.954. The Bertz CT molecular complexity index is 2940. The van der Waals surface area contributed by atoms with Gasteiger partial charge in [0.25, 0.3) is 0 Å². The molecular formula is C51H55IrN5OSi2-2. The van der Waals surface area contributed by atoms with Crippen LogP contribution in [-0.4, -0.2) is 41.1 Å². The van der Waals surface area contributed by atoms with Crippen molar-refractivity contribution in [2.24, 2.45) is 5.41 Å². The molecule has 4 aromatic heterocycles. The van der Waals surface area contributed by atoms with Gasteiger partial charge in [-0.15, -0.1) is 24.3 Å². The maximum atomic E-state index is 9.63. The predicted molar refractivity (Wildman–Crippen MR) is 250 cm³/mol. The minimum Gasteiger partial charge on any atom is -0.501 e. The summed E-state index contributed by atoms with van der Waals surface area (Å²) in [5, 5.41) is 7.80. The average molecular weight is 1010 g/mol. The fraction of sp³-hybridized carbons (Fsp3) is 0.353. The summed E-state index contributed by atoms with van der Waals surface area (Å²) in [6.45, 7) is 11.2. The second-order valence-corrected chi connectivity index (χ2v) is 28.8. The third-order valence-corrected chi connectivity index (χ3v) is 16.0. The molecule has 6 nitrogen and oxygen atoms in total. The van der Waals surface area contributed by atoms with Crippen LogP contribution in [-0.2, 0) is 20.1 Å². The van der Waals surface area contributed by atoms with Crippen LogP contribution in [0.2, 0.25) is 39.3 Å². The van der Waals surface area contributed by atoms with E-state index in [1.807, 2.05) is 18.2 Å². The molecule has 1 spiro atoms. The summed E-state index contributed by atoms with van der Waals surface area (Å²) < 4.78 is 41.1. The van der Waals surface area contributed by atoms with Crippen molar-refractivity contribution in [3.05, 3.63) is 115 Å². The van der Waals surface area contributed by atoms with Gasteiger partial charge in [0.2, 0.25) is 0 Å². The Morgan fingerprint density at radius 1 is 0.733 bits per heavy atom. The molecule has 1 radical (unpaired) electrons. The van der Waals surface area contributed by atoms with Gasteiger partial charge in [-0.05, 0) is 107 Å². The van der Waals surface area contributed by atoms with Gasteiger partial charge in [0.1, 0.15) is 19.1 Å². The van der Waals surface area contributed by atoms with Crippen molar-refractivity contribution in [2.45, 2.75) is 110 Å². The van der Waals surface area contributed by atoms with Crippen LogP contribution in [0.5, 0.6) is 0 Å². The maximum absolute atomic E-state index is 9.63. The van der Waals surface area contributed by atoms with Gasteiger partial charge in [0, 0.05) is 42.5 Å². The van der Waals surface area contributed by atoms with Crippen molar-refractivity contribution >= 4 is 70.4 Å². The molecule has 0 aliphatic heterocycles. The molecule has 2 aliphatic rings. The zero-order valence-electron chi connectivity index (χ0n) is 39.5. The standard InChI is InChI=1S/C37H34NO.C14H21N4Si2.Ir/c1-24-23-38-34(21-31(24)26-14-18-37(19-15-26)16-5-2-6-17-37)30-11-7-10-29-33-20-27-13-12-25-8-3-4-9-28(25)32(27)22-35(33)39-36(29)30;1-19(2,3)13-9-12(16-10-17-13)11-7-8-15-14(18-11)20(4,5)6;/h3-4,7-10,12-13,20-23,26H,2,5-6,14-19H2,1H3;8-10H,1-6H3;/q2*-1;/i1D3,26D;;. The van der Waals surface area contributed by atoms with Gasteiger partial charge in [-0.3, -0.25) is 9.97 Å². The number of aromatic nitrogens is 5. The van der Waals surface area contributed by atoms with E-state index in [0.717, 1.165) is 62.1 Å². The summed E-state index contributed by atoms with van der Waals surface area (Å²) in [4.78, 5) is 22.5. The van der Waals surface area contributed by atoms with E-state index in [2.05, 4.69) is 131 Å². The number of hydrogen-bond acceptors (Lipinski definition) is 6. The van der Waals surface area contributed by atoms with Gasteiger partial charge in [0.05, 0.1) is 20.0 Å². The molecule has 2 fully saturated rings. The van der Waals surface area contributed by atoms with Gasteiger partial charge >= 0.3 is 0 Å². The Morgan fingerprint density at radius 3 is 2.28 bits per heavy atom. The normalized spacial score (nSPS) is 17.6. The van der Waals surface area contributed by atoms with Crippen molar-refractivity contribution in [2.75, 3.05) is 0 Å². The van der Waals surface area contributed by atoms with E-state index in [0.29, 0.717) is 40.7 Å². The molecule has 2 saturated carbocycles. The third-order valence-electron chi connectivity index (χ3n) is 12.6. The molecular weight excluding hydrogens is 947 g/mol. The van der Waals surface area contributed by atoms with Crippen LogP contribution in [0, 0.1) is 24.4 Å². The first-order valence-electron chi connectivity index (χ1n) is 23.2. The third kappa shape index (κ3) is 8.43. The molecule has 0 atom stereocenters. The van der Waals surface area contributed by atoms with Crippen molar-refractivity contribution in [1.29, 1.82) is 0 Å². The Morgan fingerprint density at radius 2 is 1.52 bits per heavy atom. The number of hydrogen-bond donors (Lipinski definition) is 0. The zero-order valence-corrected chi connectivity index (χ0v) is 39.9. The summed E-state index contributed by atoms with van der Waals surface area (Å²) in [7, 11) is -2.97. The van der Waals surface area contributed by atoms with E-state index >= 15 is 0 Å². The second-order valence-electron chi connectivity index (χ2n) is 18.8. The van der Waals surface area contributed by atoms with E-state index in [9.17, 15) is 1.37 Å². The summed E-state index contributed by atoms with van der Waals surface area (Å²) >= 11 is 0. The number of benzene rings is 4. The Kier molecular flexibility index (Phi) is 10.5. The smallest absolute Gasteiger partial charge is 0.125 e. The first kappa shape index (κ1) is 37.4. The van der Waals surface area contributed by atoms with E-state index in [1.54, 1.807) is 12.5 Å². The molecule has 4 aromatic carbocycles. The maximum Gasteiger partial charge on any atom is 0.125 e. The molecule has 0 bridgehead atoms. The number of rotatable bonds is 5. The fourth-order valence-electron chi connectivity index (χ4n) is 9.18. The van der Waals surface area contributed by atoms with Crippen molar-refractivity contribution in [1.82, 2.24) is 24.9 Å². The van der Waals surface area contributed by atoms with Crippen LogP contribution in [0.4, 0.5) is 0 Å². The van der Waals surface area contributed by atoms with Gasteiger partial charge in [-0.1, -0.05) is 130 Å². The second kappa shape index (κ2) is 16.8. The molecule has 4 heterocycles. The summed E-state index contributed by atoms with van der Waals surface area (Å²) in [6.07, 6.45) is 14.5. The Hall–Kier alpha value is -4.41. The largest absolute Gasteiger partial charge is 0.501 e. The van der Waals surface area contributed by atoms with Crippen molar-refractivity contribution in [3.8, 4) is 22.6 Å². The van der Waals surface area contributed by atoms with Crippen LogP contribution in [0.25, 0.3) is 66.1 Å². The number of fused-ring (bicyclic) bond motifs is 6. The predicted octanol–water partition coefficient (Wildman–Crippen LogP) is 12.5. The van der Waals surface area contributed by atoms with Gasteiger partial charge in [-0.25, -0.2) is 11.1 Å². The van der Waals surface area contributed by atoms with Gasteiger partial charge < -0.3 is 14.4 Å². The molecule has 0 unspecified atom stereocenters. The minimum atomic E-state index is -2.34. The first-order chi connectivity index (χ1) is 29.9. The molecule has 2 aliphatic carbocycles. The quantitative estimate of drug-likeness (QED) is 0.0971. The number of furan rings is 1. The topological polar surface area (TPSA) is 77.6 Å². The summed E-state index contributed by atoms with van der Waals surface area (Å²) in [6, 6.07) is 31.3. The molecule has 309 valence electrons. The van der Waals surface area contributed by atoms with Gasteiger partial charge in [-0.2, -0.15) is 0 Å². The Balaban J connectivity index is 0.000000225. The van der Waals surface area contributed by atoms with E-state index in [-0.39, 0.29) is 25.7 Å². The molecule has 0 amide bonds. The van der Waals surface area contributed by atoms with Crippen LogP contribution >= 0.6 is 0 Å². The number of aryl methyl sites for hydroxylation is 1. The summed E-state index contributed by atoms with van der Waals surface area (Å²) in [5.41, 5.74) is 6.46. The zero-order chi connectivity index (χ0) is 44.4. The van der Waals surface area contributed by atoms with E-state index in [1.165, 1.54) is 49.1 Å². The molecule has 0 N–H and O–H groups in total. The SMILES string of the molecule is C[Si](C)(C)c1cc(-c2[c-]cnc([Si](C)(C)C)n2)ncn1.[2H]C([2H])([2H])c1cnc(-c2[c-]ccc3c2oc2cc4c(ccc5ccccc54)cc23)cc1C1([2H])CCC2(CCCCC2)CC1.[Ir]. The first-order valence-corrected chi connectivity index (χ1v) is 28.2.